The molecule has 0 atom stereocenters. The third kappa shape index (κ3) is 2.68. The standard InChI is InChI=1S/C11H13BrN4/c1-2-13-7-10-8-16(15-14-10)11-5-3-9(12)4-6-11/h3-6,8,13H,2,7H2,1H3. The van der Waals surface area contributed by atoms with E-state index in [9.17, 15) is 0 Å². The van der Waals surface area contributed by atoms with Crippen molar-refractivity contribution in [2.45, 2.75) is 13.5 Å². The van der Waals surface area contributed by atoms with Crippen molar-refractivity contribution >= 4 is 15.9 Å². The predicted octanol–water partition coefficient (Wildman–Crippen LogP) is 2.14. The van der Waals surface area contributed by atoms with Gasteiger partial charge in [0.05, 0.1) is 17.6 Å². The second-order valence-corrected chi connectivity index (χ2v) is 4.33. The molecule has 2 aromatic rings. The van der Waals surface area contributed by atoms with Crippen molar-refractivity contribution < 1.29 is 0 Å². The Morgan fingerprint density at radius 3 is 2.75 bits per heavy atom. The maximum absolute atomic E-state index is 4.09. The van der Waals surface area contributed by atoms with Crippen LogP contribution in [0.5, 0.6) is 0 Å². The van der Waals surface area contributed by atoms with Crippen molar-refractivity contribution in [1.82, 2.24) is 20.3 Å². The van der Waals surface area contributed by atoms with E-state index in [2.05, 4.69) is 38.5 Å². The van der Waals surface area contributed by atoms with Gasteiger partial charge < -0.3 is 5.32 Å². The average molecular weight is 281 g/mol. The van der Waals surface area contributed by atoms with E-state index in [0.29, 0.717) is 0 Å². The van der Waals surface area contributed by atoms with Gasteiger partial charge in [0.25, 0.3) is 0 Å². The molecular formula is C11H13BrN4. The van der Waals surface area contributed by atoms with Crippen LogP contribution in [0.3, 0.4) is 0 Å². The topological polar surface area (TPSA) is 42.7 Å². The smallest absolute Gasteiger partial charge is 0.0969 e. The first-order chi connectivity index (χ1) is 7.79. The Balaban J connectivity index is 2.15. The van der Waals surface area contributed by atoms with Gasteiger partial charge in [-0.3, -0.25) is 0 Å². The van der Waals surface area contributed by atoms with Gasteiger partial charge in [0, 0.05) is 11.0 Å². The summed E-state index contributed by atoms with van der Waals surface area (Å²) in [5.41, 5.74) is 1.96. The zero-order chi connectivity index (χ0) is 11.4. The first kappa shape index (κ1) is 11.3. The first-order valence-corrected chi connectivity index (χ1v) is 5.97. The minimum Gasteiger partial charge on any atom is -0.311 e. The third-order valence-corrected chi connectivity index (χ3v) is 2.72. The molecule has 1 aromatic heterocycles. The number of halogens is 1. The fourth-order valence-electron chi connectivity index (χ4n) is 1.35. The largest absolute Gasteiger partial charge is 0.311 e. The summed E-state index contributed by atoms with van der Waals surface area (Å²) in [5, 5.41) is 11.4. The SMILES string of the molecule is CCNCc1cn(-c2ccc(Br)cc2)nn1. The van der Waals surface area contributed by atoms with Crippen molar-refractivity contribution in [3.05, 3.63) is 40.6 Å². The molecule has 1 aromatic carbocycles. The molecule has 5 heteroatoms. The van der Waals surface area contributed by atoms with Gasteiger partial charge in [-0.15, -0.1) is 5.10 Å². The zero-order valence-corrected chi connectivity index (χ0v) is 10.6. The molecule has 0 unspecified atom stereocenters. The van der Waals surface area contributed by atoms with Crippen molar-refractivity contribution in [2.75, 3.05) is 6.54 Å². The molecule has 0 spiro atoms. The normalized spacial score (nSPS) is 10.6. The summed E-state index contributed by atoms with van der Waals surface area (Å²) in [5.74, 6) is 0. The molecule has 0 saturated carbocycles. The van der Waals surface area contributed by atoms with Gasteiger partial charge in [-0.25, -0.2) is 4.68 Å². The maximum atomic E-state index is 4.09. The van der Waals surface area contributed by atoms with Gasteiger partial charge in [0.1, 0.15) is 0 Å². The van der Waals surface area contributed by atoms with Crippen molar-refractivity contribution in [2.24, 2.45) is 0 Å². The van der Waals surface area contributed by atoms with E-state index in [1.165, 1.54) is 0 Å². The van der Waals surface area contributed by atoms with Crippen LogP contribution in [0.1, 0.15) is 12.6 Å². The van der Waals surface area contributed by atoms with E-state index in [1.807, 2.05) is 30.5 Å². The monoisotopic (exact) mass is 280 g/mol. The molecule has 0 bridgehead atoms. The highest BCUT2D eigenvalue weighted by molar-refractivity contribution is 9.10. The van der Waals surface area contributed by atoms with Crippen molar-refractivity contribution in [3.8, 4) is 5.69 Å². The van der Waals surface area contributed by atoms with E-state index in [4.69, 9.17) is 0 Å². The van der Waals surface area contributed by atoms with Crippen LogP contribution < -0.4 is 5.32 Å². The average Bonchev–Trinajstić information content (AvgIpc) is 2.76. The van der Waals surface area contributed by atoms with Gasteiger partial charge in [0.15, 0.2) is 0 Å². The molecule has 84 valence electrons. The van der Waals surface area contributed by atoms with E-state index >= 15 is 0 Å². The Hall–Kier alpha value is -1.20. The molecule has 2 rings (SSSR count). The quantitative estimate of drug-likeness (QED) is 0.933. The molecule has 0 radical (unpaired) electrons. The van der Waals surface area contributed by atoms with Gasteiger partial charge >= 0.3 is 0 Å². The molecule has 0 fully saturated rings. The summed E-state index contributed by atoms with van der Waals surface area (Å²) in [6, 6.07) is 7.97. The number of hydrogen-bond acceptors (Lipinski definition) is 3. The number of nitrogens with one attached hydrogen (secondary N) is 1. The minimum atomic E-state index is 0.757. The molecule has 0 amide bonds. The molecular weight excluding hydrogens is 268 g/mol. The Bertz CT molecular complexity index is 449. The molecule has 16 heavy (non-hydrogen) atoms. The summed E-state index contributed by atoms with van der Waals surface area (Å²) >= 11 is 3.40. The van der Waals surface area contributed by atoms with Gasteiger partial charge in [-0.1, -0.05) is 28.1 Å². The van der Waals surface area contributed by atoms with Crippen LogP contribution in [0, 0.1) is 0 Å². The van der Waals surface area contributed by atoms with E-state index in [0.717, 1.165) is 28.9 Å². The summed E-state index contributed by atoms with van der Waals surface area (Å²) in [4.78, 5) is 0. The van der Waals surface area contributed by atoms with Crippen LogP contribution in [-0.4, -0.2) is 21.5 Å². The van der Waals surface area contributed by atoms with E-state index in [-0.39, 0.29) is 0 Å². The second kappa shape index (κ2) is 5.23. The van der Waals surface area contributed by atoms with Gasteiger partial charge in [-0.05, 0) is 30.8 Å². The highest BCUT2D eigenvalue weighted by Crippen LogP contribution is 2.13. The van der Waals surface area contributed by atoms with Crippen LogP contribution in [0.2, 0.25) is 0 Å². The summed E-state index contributed by atoms with van der Waals surface area (Å²) < 4.78 is 2.84. The summed E-state index contributed by atoms with van der Waals surface area (Å²) in [7, 11) is 0. The van der Waals surface area contributed by atoms with Crippen LogP contribution in [0.4, 0.5) is 0 Å². The van der Waals surface area contributed by atoms with Gasteiger partial charge in [0.2, 0.25) is 0 Å². The molecule has 0 aliphatic heterocycles. The van der Waals surface area contributed by atoms with Crippen LogP contribution in [0.15, 0.2) is 34.9 Å². The lowest BCUT2D eigenvalue weighted by atomic mass is 10.3. The summed E-state index contributed by atoms with van der Waals surface area (Å²) in [6.07, 6.45) is 1.94. The van der Waals surface area contributed by atoms with Gasteiger partial charge in [-0.2, -0.15) is 0 Å². The van der Waals surface area contributed by atoms with Crippen molar-refractivity contribution in [3.63, 3.8) is 0 Å². The zero-order valence-electron chi connectivity index (χ0n) is 9.02. The third-order valence-electron chi connectivity index (χ3n) is 2.19. The van der Waals surface area contributed by atoms with Crippen LogP contribution in [0.25, 0.3) is 5.69 Å². The number of aromatic nitrogens is 3. The molecule has 0 aliphatic rings. The molecule has 0 aliphatic carbocycles. The lowest BCUT2D eigenvalue weighted by Gasteiger charge is -1.99. The van der Waals surface area contributed by atoms with E-state index in [1.54, 1.807) is 4.68 Å². The maximum Gasteiger partial charge on any atom is 0.0969 e. The highest BCUT2D eigenvalue weighted by atomic mass is 79.9. The number of benzene rings is 1. The fraction of sp³-hybridized carbons (Fsp3) is 0.273. The molecule has 1 N–H and O–H groups in total. The second-order valence-electron chi connectivity index (χ2n) is 3.41. The molecule has 4 nitrogen and oxygen atoms in total. The fourth-order valence-corrected chi connectivity index (χ4v) is 1.62. The lowest BCUT2D eigenvalue weighted by molar-refractivity contribution is 0.705. The lowest BCUT2D eigenvalue weighted by Crippen LogP contribution is -2.11. The van der Waals surface area contributed by atoms with Crippen LogP contribution in [-0.2, 0) is 6.54 Å². The Kier molecular flexibility index (Phi) is 3.69. The number of hydrogen-bond donors (Lipinski definition) is 1. The van der Waals surface area contributed by atoms with Crippen LogP contribution >= 0.6 is 15.9 Å². The molecule has 0 saturated heterocycles. The highest BCUT2D eigenvalue weighted by Gasteiger charge is 2.01. The Morgan fingerprint density at radius 1 is 1.31 bits per heavy atom. The first-order valence-electron chi connectivity index (χ1n) is 5.17. The van der Waals surface area contributed by atoms with E-state index < -0.39 is 0 Å². The summed E-state index contributed by atoms with van der Waals surface area (Å²) in [6.45, 7) is 3.76. The van der Waals surface area contributed by atoms with Crippen molar-refractivity contribution in [1.29, 1.82) is 0 Å². The molecule has 1 heterocycles. The predicted molar refractivity (Wildman–Crippen MR) is 66.4 cm³/mol. The Labute approximate surface area is 103 Å². The Morgan fingerprint density at radius 2 is 2.06 bits per heavy atom. The number of rotatable bonds is 4. The minimum absolute atomic E-state index is 0.757. The number of nitrogens with zero attached hydrogens (tertiary/aromatic N) is 3.